The molecule has 1 heterocycles. The fourth-order valence-electron chi connectivity index (χ4n) is 1.22. The van der Waals surface area contributed by atoms with Gasteiger partial charge in [-0.25, -0.2) is 4.98 Å². The number of pyridine rings is 1. The molecule has 0 fully saturated rings. The number of hydrogen-bond acceptors (Lipinski definition) is 3. The van der Waals surface area contributed by atoms with E-state index in [0.29, 0.717) is 23.2 Å². The first-order chi connectivity index (χ1) is 7.74. The second-order valence-electron chi connectivity index (χ2n) is 3.34. The summed E-state index contributed by atoms with van der Waals surface area (Å²) in [4.78, 5) is 4.04. The van der Waals surface area contributed by atoms with Gasteiger partial charge in [0.1, 0.15) is 6.61 Å². The monoisotopic (exact) mass is 234 g/mol. The molecule has 0 amide bonds. The minimum atomic E-state index is 0.466. The van der Waals surface area contributed by atoms with Crippen molar-refractivity contribution in [2.75, 3.05) is 5.73 Å². The maximum Gasteiger partial charge on any atom is 0.213 e. The highest BCUT2D eigenvalue weighted by molar-refractivity contribution is 6.30. The number of halogens is 1. The number of ether oxygens (including phenoxy) is 1. The van der Waals surface area contributed by atoms with Crippen LogP contribution in [-0.4, -0.2) is 4.98 Å². The summed E-state index contributed by atoms with van der Waals surface area (Å²) in [5.41, 5.74) is 7.19. The quantitative estimate of drug-likeness (QED) is 0.888. The maximum absolute atomic E-state index is 5.78. The molecule has 0 bridgehead atoms. The summed E-state index contributed by atoms with van der Waals surface area (Å²) in [7, 11) is 0. The second kappa shape index (κ2) is 4.86. The van der Waals surface area contributed by atoms with Crippen LogP contribution in [0.5, 0.6) is 5.88 Å². The SMILES string of the molecule is Nc1ccc(OCc2ccc(Cl)cc2)nc1. The topological polar surface area (TPSA) is 48.1 Å². The molecule has 2 N–H and O–H groups in total. The van der Waals surface area contributed by atoms with Gasteiger partial charge < -0.3 is 10.5 Å². The molecule has 82 valence electrons. The minimum absolute atomic E-state index is 0.466. The molecule has 0 saturated heterocycles. The first-order valence-electron chi connectivity index (χ1n) is 4.83. The van der Waals surface area contributed by atoms with Gasteiger partial charge in [-0.3, -0.25) is 0 Å². The smallest absolute Gasteiger partial charge is 0.213 e. The molecule has 2 aromatic rings. The lowest BCUT2D eigenvalue weighted by atomic mass is 10.2. The summed E-state index contributed by atoms with van der Waals surface area (Å²) >= 11 is 5.78. The van der Waals surface area contributed by atoms with Crippen LogP contribution in [0.25, 0.3) is 0 Å². The van der Waals surface area contributed by atoms with Crippen LogP contribution in [0.4, 0.5) is 5.69 Å². The van der Waals surface area contributed by atoms with E-state index in [2.05, 4.69) is 4.98 Å². The lowest BCUT2D eigenvalue weighted by molar-refractivity contribution is 0.294. The molecule has 0 unspecified atom stereocenters. The highest BCUT2D eigenvalue weighted by Gasteiger charge is 1.97. The Bertz CT molecular complexity index is 408. The molecule has 0 spiro atoms. The van der Waals surface area contributed by atoms with Gasteiger partial charge in [-0.1, -0.05) is 23.7 Å². The van der Waals surface area contributed by atoms with E-state index in [9.17, 15) is 0 Å². The van der Waals surface area contributed by atoms with Crippen LogP contribution in [0.3, 0.4) is 0 Å². The van der Waals surface area contributed by atoms with Gasteiger partial charge in [0.15, 0.2) is 0 Å². The van der Waals surface area contributed by atoms with E-state index in [0.717, 1.165) is 5.56 Å². The molecule has 1 aromatic heterocycles. The molecule has 1 aromatic carbocycles. The van der Waals surface area contributed by atoms with Crippen molar-refractivity contribution < 1.29 is 4.74 Å². The van der Waals surface area contributed by atoms with Crippen LogP contribution in [-0.2, 0) is 6.61 Å². The fourth-order valence-corrected chi connectivity index (χ4v) is 1.34. The van der Waals surface area contributed by atoms with Crippen molar-refractivity contribution in [1.29, 1.82) is 0 Å². The van der Waals surface area contributed by atoms with Crippen LogP contribution in [0, 0.1) is 0 Å². The van der Waals surface area contributed by atoms with Crippen molar-refractivity contribution in [2.45, 2.75) is 6.61 Å². The standard InChI is InChI=1S/C12H11ClN2O/c13-10-3-1-9(2-4-10)8-16-12-6-5-11(14)7-15-12/h1-7H,8,14H2. The molecule has 0 aliphatic carbocycles. The van der Waals surface area contributed by atoms with E-state index in [4.69, 9.17) is 22.1 Å². The number of benzene rings is 1. The number of nitrogen functional groups attached to an aromatic ring is 1. The average Bonchev–Trinajstić information content (AvgIpc) is 2.30. The lowest BCUT2D eigenvalue weighted by Gasteiger charge is -2.05. The zero-order chi connectivity index (χ0) is 11.4. The molecule has 4 heteroatoms. The van der Waals surface area contributed by atoms with Crippen molar-refractivity contribution in [3.8, 4) is 5.88 Å². The Morgan fingerprint density at radius 3 is 2.50 bits per heavy atom. The van der Waals surface area contributed by atoms with E-state index in [-0.39, 0.29) is 0 Å². The molecule has 16 heavy (non-hydrogen) atoms. The van der Waals surface area contributed by atoms with Crippen molar-refractivity contribution in [3.63, 3.8) is 0 Å². The Kier molecular flexibility index (Phi) is 3.27. The van der Waals surface area contributed by atoms with Gasteiger partial charge in [0, 0.05) is 11.1 Å². The first kappa shape index (κ1) is 10.8. The fraction of sp³-hybridized carbons (Fsp3) is 0.0833. The maximum atomic E-state index is 5.78. The highest BCUT2D eigenvalue weighted by Crippen LogP contribution is 2.13. The number of hydrogen-bond donors (Lipinski definition) is 1. The largest absolute Gasteiger partial charge is 0.473 e. The lowest BCUT2D eigenvalue weighted by Crippen LogP contribution is -1.97. The Hall–Kier alpha value is -1.74. The van der Waals surface area contributed by atoms with Crippen LogP contribution < -0.4 is 10.5 Å². The summed E-state index contributed by atoms with van der Waals surface area (Å²) in [6.07, 6.45) is 1.57. The van der Waals surface area contributed by atoms with Crippen LogP contribution in [0.1, 0.15) is 5.56 Å². The van der Waals surface area contributed by atoms with Gasteiger partial charge in [0.25, 0.3) is 0 Å². The van der Waals surface area contributed by atoms with Gasteiger partial charge in [-0.2, -0.15) is 0 Å². The Morgan fingerprint density at radius 2 is 1.88 bits per heavy atom. The zero-order valence-corrected chi connectivity index (χ0v) is 9.32. The summed E-state index contributed by atoms with van der Waals surface area (Å²) in [6.45, 7) is 0.466. The highest BCUT2D eigenvalue weighted by atomic mass is 35.5. The normalized spacial score (nSPS) is 10.1. The molecule has 3 nitrogen and oxygen atoms in total. The number of aromatic nitrogens is 1. The van der Waals surface area contributed by atoms with Gasteiger partial charge in [0.2, 0.25) is 5.88 Å². The number of rotatable bonds is 3. The first-order valence-corrected chi connectivity index (χ1v) is 5.20. The summed E-state index contributed by atoms with van der Waals surface area (Å²) in [5.74, 6) is 0.559. The van der Waals surface area contributed by atoms with E-state index in [1.807, 2.05) is 24.3 Å². The minimum Gasteiger partial charge on any atom is -0.473 e. The Morgan fingerprint density at radius 1 is 1.12 bits per heavy atom. The zero-order valence-electron chi connectivity index (χ0n) is 8.56. The van der Waals surface area contributed by atoms with E-state index in [1.165, 1.54) is 0 Å². The summed E-state index contributed by atoms with van der Waals surface area (Å²) < 4.78 is 5.48. The van der Waals surface area contributed by atoms with Crippen molar-refractivity contribution in [2.24, 2.45) is 0 Å². The van der Waals surface area contributed by atoms with Crippen LogP contribution >= 0.6 is 11.6 Å². The molecule has 2 rings (SSSR count). The van der Waals surface area contributed by atoms with Crippen molar-refractivity contribution in [1.82, 2.24) is 4.98 Å². The molecule has 0 saturated carbocycles. The molecular weight excluding hydrogens is 224 g/mol. The van der Waals surface area contributed by atoms with E-state index < -0.39 is 0 Å². The van der Waals surface area contributed by atoms with Crippen LogP contribution in [0.2, 0.25) is 5.02 Å². The molecule has 0 aliphatic heterocycles. The Balaban J connectivity index is 1.97. The second-order valence-corrected chi connectivity index (χ2v) is 3.78. The number of nitrogens with two attached hydrogens (primary N) is 1. The third-order valence-electron chi connectivity index (χ3n) is 2.06. The predicted molar refractivity (Wildman–Crippen MR) is 64.4 cm³/mol. The molecule has 0 aliphatic rings. The third-order valence-corrected chi connectivity index (χ3v) is 2.31. The van der Waals surface area contributed by atoms with Crippen molar-refractivity contribution in [3.05, 3.63) is 53.2 Å². The van der Waals surface area contributed by atoms with Gasteiger partial charge in [-0.15, -0.1) is 0 Å². The van der Waals surface area contributed by atoms with E-state index in [1.54, 1.807) is 18.3 Å². The summed E-state index contributed by atoms with van der Waals surface area (Å²) in [6, 6.07) is 11.0. The predicted octanol–water partition coefficient (Wildman–Crippen LogP) is 2.90. The number of nitrogens with zero attached hydrogens (tertiary/aromatic N) is 1. The molecular formula is C12H11ClN2O. The summed E-state index contributed by atoms with van der Waals surface area (Å²) in [5, 5.41) is 0.717. The van der Waals surface area contributed by atoms with Crippen molar-refractivity contribution >= 4 is 17.3 Å². The Labute approximate surface area is 98.8 Å². The molecule has 0 radical (unpaired) electrons. The van der Waals surface area contributed by atoms with Gasteiger partial charge in [-0.05, 0) is 23.8 Å². The third kappa shape index (κ3) is 2.87. The van der Waals surface area contributed by atoms with E-state index >= 15 is 0 Å². The van der Waals surface area contributed by atoms with Gasteiger partial charge in [0.05, 0.1) is 11.9 Å². The average molecular weight is 235 g/mol. The van der Waals surface area contributed by atoms with Crippen LogP contribution in [0.15, 0.2) is 42.6 Å². The number of anilines is 1. The molecule has 0 atom stereocenters. The van der Waals surface area contributed by atoms with Gasteiger partial charge >= 0.3 is 0 Å².